The maximum Gasteiger partial charge on any atom is 0.259 e. The highest BCUT2D eigenvalue weighted by atomic mass is 19.1. The van der Waals surface area contributed by atoms with E-state index in [9.17, 15) is 9.18 Å². The Kier molecular flexibility index (Phi) is 4.13. The summed E-state index contributed by atoms with van der Waals surface area (Å²) in [7, 11) is 0. The average molecular weight is 273 g/mol. The fourth-order valence-electron chi connectivity index (χ4n) is 1.56. The Hall–Kier alpha value is -2.65. The van der Waals surface area contributed by atoms with Crippen LogP contribution in [0.4, 0.5) is 10.3 Å². The van der Waals surface area contributed by atoms with E-state index in [2.05, 4.69) is 22.3 Å². The minimum atomic E-state index is -0.526. The molecule has 0 aliphatic heterocycles. The third-order valence-corrected chi connectivity index (χ3v) is 2.42. The zero-order valence-electron chi connectivity index (χ0n) is 10.7. The molecular formula is C14H12FN3O2. The summed E-state index contributed by atoms with van der Waals surface area (Å²) in [4.78, 5) is 12.1. The van der Waals surface area contributed by atoms with Crippen LogP contribution in [-0.4, -0.2) is 17.6 Å². The molecule has 2 aromatic rings. The van der Waals surface area contributed by atoms with Gasteiger partial charge in [0, 0.05) is 11.6 Å². The van der Waals surface area contributed by atoms with Gasteiger partial charge in [-0.1, -0.05) is 17.0 Å². The second kappa shape index (κ2) is 5.99. The smallest absolute Gasteiger partial charge is 0.259 e. The fraction of sp³-hybridized carbons (Fsp3) is 0.143. The minimum absolute atomic E-state index is 0.111. The Labute approximate surface area is 114 Å². The molecule has 0 saturated carbocycles. The van der Waals surface area contributed by atoms with Crippen molar-refractivity contribution >= 4 is 11.8 Å². The summed E-state index contributed by atoms with van der Waals surface area (Å²) in [5.41, 5.74) is 6.42. The quantitative estimate of drug-likeness (QED) is 0.816. The number of benzene rings is 1. The summed E-state index contributed by atoms with van der Waals surface area (Å²) < 4.78 is 18.2. The third-order valence-electron chi connectivity index (χ3n) is 2.42. The third kappa shape index (κ3) is 3.22. The second-order valence-electron chi connectivity index (χ2n) is 3.98. The SMILES string of the molecule is Cc1cc(NC(=O)c2cc(F)ccc2C#CCN)on1. The topological polar surface area (TPSA) is 81.2 Å². The molecule has 0 aliphatic rings. The van der Waals surface area contributed by atoms with Gasteiger partial charge in [0.1, 0.15) is 5.82 Å². The molecule has 1 amide bonds. The fourth-order valence-corrected chi connectivity index (χ4v) is 1.56. The van der Waals surface area contributed by atoms with Gasteiger partial charge in [0.05, 0.1) is 17.8 Å². The van der Waals surface area contributed by atoms with Crippen molar-refractivity contribution in [1.82, 2.24) is 5.16 Å². The highest BCUT2D eigenvalue weighted by Crippen LogP contribution is 2.14. The molecular weight excluding hydrogens is 261 g/mol. The van der Waals surface area contributed by atoms with E-state index in [4.69, 9.17) is 10.3 Å². The first-order chi connectivity index (χ1) is 9.60. The number of nitrogens with one attached hydrogen (secondary N) is 1. The zero-order valence-corrected chi connectivity index (χ0v) is 10.7. The molecule has 0 unspecified atom stereocenters. The van der Waals surface area contributed by atoms with E-state index in [1.807, 2.05) is 0 Å². The van der Waals surface area contributed by atoms with Gasteiger partial charge in [0.15, 0.2) is 0 Å². The lowest BCUT2D eigenvalue weighted by molar-refractivity contribution is 0.102. The molecule has 5 nitrogen and oxygen atoms in total. The van der Waals surface area contributed by atoms with E-state index in [-0.39, 0.29) is 18.0 Å². The molecule has 1 aromatic heterocycles. The van der Waals surface area contributed by atoms with Gasteiger partial charge in [-0.05, 0) is 25.1 Å². The van der Waals surface area contributed by atoms with Gasteiger partial charge in [0.25, 0.3) is 5.91 Å². The van der Waals surface area contributed by atoms with Crippen molar-refractivity contribution in [1.29, 1.82) is 0 Å². The Morgan fingerprint density at radius 3 is 2.95 bits per heavy atom. The number of hydrogen-bond acceptors (Lipinski definition) is 4. The van der Waals surface area contributed by atoms with Crippen molar-refractivity contribution < 1.29 is 13.7 Å². The standard InChI is InChI=1S/C14H12FN3O2/c1-9-7-13(20-18-9)17-14(19)12-8-11(15)5-4-10(12)3-2-6-16/h4-5,7-8H,6,16H2,1H3,(H,17,19). The predicted molar refractivity (Wildman–Crippen MR) is 71.5 cm³/mol. The summed E-state index contributed by atoms with van der Waals surface area (Å²) in [5.74, 6) is 4.49. The monoisotopic (exact) mass is 273 g/mol. The number of nitrogens with zero attached hydrogens (tertiary/aromatic N) is 1. The predicted octanol–water partition coefficient (Wildman–Crippen LogP) is 1.68. The molecule has 20 heavy (non-hydrogen) atoms. The van der Waals surface area contributed by atoms with Gasteiger partial charge in [-0.15, -0.1) is 0 Å². The number of halogens is 1. The molecule has 6 heteroatoms. The molecule has 1 heterocycles. The number of rotatable bonds is 2. The van der Waals surface area contributed by atoms with Crippen molar-refractivity contribution in [2.75, 3.05) is 11.9 Å². The van der Waals surface area contributed by atoms with Crippen LogP contribution in [0, 0.1) is 24.6 Å². The van der Waals surface area contributed by atoms with Gasteiger partial charge in [0.2, 0.25) is 5.88 Å². The van der Waals surface area contributed by atoms with Crippen LogP contribution in [0.2, 0.25) is 0 Å². The van der Waals surface area contributed by atoms with Crippen LogP contribution in [0.1, 0.15) is 21.6 Å². The lowest BCUT2D eigenvalue weighted by Crippen LogP contribution is -2.13. The van der Waals surface area contributed by atoms with E-state index in [0.29, 0.717) is 11.3 Å². The molecule has 0 aliphatic carbocycles. The first-order valence-electron chi connectivity index (χ1n) is 5.83. The van der Waals surface area contributed by atoms with Gasteiger partial charge in [-0.3, -0.25) is 10.1 Å². The van der Waals surface area contributed by atoms with E-state index in [1.54, 1.807) is 13.0 Å². The van der Waals surface area contributed by atoms with Crippen molar-refractivity contribution in [2.24, 2.45) is 5.73 Å². The summed E-state index contributed by atoms with van der Waals surface area (Å²) in [6.07, 6.45) is 0. The van der Waals surface area contributed by atoms with Crippen LogP contribution in [0.5, 0.6) is 0 Å². The van der Waals surface area contributed by atoms with Crippen LogP contribution in [0.3, 0.4) is 0 Å². The summed E-state index contributed by atoms with van der Waals surface area (Å²) in [5, 5.41) is 6.13. The number of hydrogen-bond donors (Lipinski definition) is 2. The number of carbonyl (C=O) groups is 1. The molecule has 0 fully saturated rings. The first-order valence-corrected chi connectivity index (χ1v) is 5.83. The van der Waals surface area contributed by atoms with Gasteiger partial charge >= 0.3 is 0 Å². The highest BCUT2D eigenvalue weighted by molar-refractivity contribution is 6.05. The Balaban J connectivity index is 2.30. The van der Waals surface area contributed by atoms with E-state index in [0.717, 1.165) is 6.07 Å². The number of anilines is 1. The largest absolute Gasteiger partial charge is 0.338 e. The maximum absolute atomic E-state index is 13.3. The molecule has 3 N–H and O–H groups in total. The summed E-state index contributed by atoms with van der Waals surface area (Å²) in [6, 6.07) is 5.33. The number of nitrogens with two attached hydrogens (primary N) is 1. The average Bonchev–Trinajstić information content (AvgIpc) is 2.82. The molecule has 1 aromatic carbocycles. The highest BCUT2D eigenvalue weighted by Gasteiger charge is 2.13. The van der Waals surface area contributed by atoms with Crippen molar-refractivity contribution in [3.05, 3.63) is 46.9 Å². The second-order valence-corrected chi connectivity index (χ2v) is 3.98. The van der Waals surface area contributed by atoms with Crippen molar-refractivity contribution in [3.8, 4) is 11.8 Å². The number of carbonyl (C=O) groups excluding carboxylic acids is 1. The lowest BCUT2D eigenvalue weighted by atomic mass is 10.1. The van der Waals surface area contributed by atoms with Crippen LogP contribution in [0.15, 0.2) is 28.8 Å². The van der Waals surface area contributed by atoms with Crippen LogP contribution in [0.25, 0.3) is 0 Å². The van der Waals surface area contributed by atoms with Gasteiger partial charge in [-0.25, -0.2) is 4.39 Å². The molecule has 0 saturated heterocycles. The van der Waals surface area contributed by atoms with Gasteiger partial charge in [-0.2, -0.15) is 0 Å². The van der Waals surface area contributed by atoms with Gasteiger partial charge < -0.3 is 10.3 Å². The van der Waals surface area contributed by atoms with Crippen LogP contribution < -0.4 is 11.1 Å². The Morgan fingerprint density at radius 2 is 2.30 bits per heavy atom. The molecule has 0 bridgehead atoms. The molecule has 0 atom stereocenters. The molecule has 0 spiro atoms. The normalized spacial score (nSPS) is 9.75. The van der Waals surface area contributed by atoms with Crippen LogP contribution >= 0.6 is 0 Å². The molecule has 102 valence electrons. The van der Waals surface area contributed by atoms with Crippen molar-refractivity contribution in [3.63, 3.8) is 0 Å². The Bertz CT molecular complexity index is 698. The first kappa shape index (κ1) is 13.8. The van der Waals surface area contributed by atoms with Crippen LogP contribution in [-0.2, 0) is 0 Å². The van der Waals surface area contributed by atoms with E-state index in [1.165, 1.54) is 12.1 Å². The van der Waals surface area contributed by atoms with Crippen molar-refractivity contribution in [2.45, 2.75) is 6.92 Å². The molecule has 2 rings (SSSR count). The van der Waals surface area contributed by atoms with E-state index < -0.39 is 11.7 Å². The maximum atomic E-state index is 13.3. The summed E-state index contributed by atoms with van der Waals surface area (Å²) >= 11 is 0. The summed E-state index contributed by atoms with van der Waals surface area (Å²) in [6.45, 7) is 1.87. The number of aromatic nitrogens is 1. The minimum Gasteiger partial charge on any atom is -0.338 e. The molecule has 0 radical (unpaired) electrons. The van der Waals surface area contributed by atoms with E-state index >= 15 is 0 Å². The lowest BCUT2D eigenvalue weighted by Gasteiger charge is -2.04. The number of aryl methyl sites for hydroxylation is 1. The zero-order chi connectivity index (χ0) is 14.5. The number of amides is 1. The Morgan fingerprint density at radius 1 is 1.50 bits per heavy atom.